The van der Waals surface area contributed by atoms with E-state index in [2.05, 4.69) is 35.5 Å². The highest BCUT2D eigenvalue weighted by molar-refractivity contribution is 5.78. The molecule has 0 fully saturated rings. The van der Waals surface area contributed by atoms with Gasteiger partial charge in [-0.25, -0.2) is 4.98 Å². The molecule has 0 spiro atoms. The lowest BCUT2D eigenvalue weighted by Gasteiger charge is -2.10. The van der Waals surface area contributed by atoms with Crippen molar-refractivity contribution in [3.63, 3.8) is 0 Å². The molecule has 2 heterocycles. The Morgan fingerprint density at radius 3 is 2.64 bits per heavy atom. The van der Waals surface area contributed by atoms with Crippen LogP contribution in [0.3, 0.4) is 0 Å². The average molecular weight is 339 g/mol. The molecule has 1 aromatic carbocycles. The lowest BCUT2D eigenvalue weighted by atomic mass is 10.2. The number of aromatic nitrogens is 3. The van der Waals surface area contributed by atoms with E-state index in [1.165, 1.54) is 5.56 Å². The molecule has 2 aromatic heterocycles. The SMILES string of the molecule is CCCCc1nc2c(C)cncc2n1Cc1ccc(OCOC)cc1. The summed E-state index contributed by atoms with van der Waals surface area (Å²) in [6.07, 6.45) is 7.08. The van der Waals surface area contributed by atoms with Crippen LogP contribution in [0.25, 0.3) is 11.0 Å². The minimum absolute atomic E-state index is 0.262. The number of pyridine rings is 1. The van der Waals surface area contributed by atoms with Gasteiger partial charge in [0.05, 0.1) is 17.2 Å². The molecule has 0 N–H and O–H groups in total. The first-order valence-corrected chi connectivity index (χ1v) is 8.73. The molecule has 0 aliphatic carbocycles. The van der Waals surface area contributed by atoms with Gasteiger partial charge in [-0.15, -0.1) is 0 Å². The summed E-state index contributed by atoms with van der Waals surface area (Å²) in [7, 11) is 1.62. The first kappa shape index (κ1) is 17.4. The highest BCUT2D eigenvalue weighted by atomic mass is 16.7. The van der Waals surface area contributed by atoms with E-state index in [4.69, 9.17) is 14.5 Å². The molecule has 0 aliphatic heterocycles. The first-order valence-electron chi connectivity index (χ1n) is 8.73. The van der Waals surface area contributed by atoms with Gasteiger partial charge in [0.2, 0.25) is 0 Å². The predicted molar refractivity (Wildman–Crippen MR) is 98.9 cm³/mol. The number of aryl methyl sites for hydroxylation is 2. The van der Waals surface area contributed by atoms with Crippen LogP contribution in [0.4, 0.5) is 0 Å². The zero-order valence-electron chi connectivity index (χ0n) is 15.2. The van der Waals surface area contributed by atoms with Gasteiger partial charge in [-0.1, -0.05) is 25.5 Å². The van der Waals surface area contributed by atoms with E-state index in [1.54, 1.807) is 7.11 Å². The number of fused-ring (bicyclic) bond motifs is 1. The fraction of sp³-hybridized carbons (Fsp3) is 0.400. The van der Waals surface area contributed by atoms with E-state index < -0.39 is 0 Å². The van der Waals surface area contributed by atoms with Crippen LogP contribution >= 0.6 is 0 Å². The second kappa shape index (κ2) is 8.12. The summed E-state index contributed by atoms with van der Waals surface area (Å²) in [5.41, 5.74) is 4.49. The second-order valence-electron chi connectivity index (χ2n) is 6.24. The lowest BCUT2D eigenvalue weighted by Crippen LogP contribution is -2.06. The maximum absolute atomic E-state index is 5.46. The van der Waals surface area contributed by atoms with Crippen molar-refractivity contribution < 1.29 is 9.47 Å². The van der Waals surface area contributed by atoms with Crippen LogP contribution in [0, 0.1) is 6.92 Å². The minimum atomic E-state index is 0.262. The standard InChI is InChI=1S/C20H25N3O2/c1-4-5-6-19-22-20-15(2)11-21-12-18(20)23(19)13-16-7-9-17(10-8-16)25-14-24-3/h7-12H,4-6,13-14H2,1-3H3. The van der Waals surface area contributed by atoms with Gasteiger partial charge in [0.1, 0.15) is 11.6 Å². The third-order valence-corrected chi connectivity index (χ3v) is 4.29. The predicted octanol–water partition coefficient (Wildman–Crippen LogP) is 4.11. The first-order chi connectivity index (χ1) is 12.2. The van der Waals surface area contributed by atoms with Gasteiger partial charge < -0.3 is 14.0 Å². The highest BCUT2D eigenvalue weighted by Crippen LogP contribution is 2.22. The van der Waals surface area contributed by atoms with Gasteiger partial charge in [-0.2, -0.15) is 0 Å². The van der Waals surface area contributed by atoms with E-state index in [9.17, 15) is 0 Å². The summed E-state index contributed by atoms with van der Waals surface area (Å²) < 4.78 is 12.7. The van der Waals surface area contributed by atoms with Gasteiger partial charge >= 0.3 is 0 Å². The Hall–Kier alpha value is -2.40. The molecule has 0 saturated carbocycles. The van der Waals surface area contributed by atoms with E-state index in [0.29, 0.717) is 0 Å². The molecule has 3 aromatic rings. The molecule has 0 atom stereocenters. The third-order valence-electron chi connectivity index (χ3n) is 4.29. The number of benzene rings is 1. The summed E-state index contributed by atoms with van der Waals surface area (Å²) in [6.45, 7) is 5.32. The monoisotopic (exact) mass is 339 g/mol. The Morgan fingerprint density at radius 2 is 1.92 bits per heavy atom. The Balaban J connectivity index is 1.89. The molecule has 25 heavy (non-hydrogen) atoms. The molecule has 0 bridgehead atoms. The van der Waals surface area contributed by atoms with Gasteiger partial charge in [-0.3, -0.25) is 4.98 Å². The van der Waals surface area contributed by atoms with E-state index >= 15 is 0 Å². The summed E-state index contributed by atoms with van der Waals surface area (Å²) in [6, 6.07) is 8.12. The molecule has 0 radical (unpaired) electrons. The van der Waals surface area contributed by atoms with Gasteiger partial charge in [0, 0.05) is 26.3 Å². The second-order valence-corrected chi connectivity index (χ2v) is 6.24. The molecule has 132 valence electrons. The van der Waals surface area contributed by atoms with Gasteiger partial charge in [0.15, 0.2) is 6.79 Å². The molecule has 3 rings (SSSR count). The number of unbranched alkanes of at least 4 members (excludes halogenated alkanes) is 1. The van der Waals surface area contributed by atoms with Crippen molar-refractivity contribution in [1.82, 2.24) is 14.5 Å². The number of hydrogen-bond acceptors (Lipinski definition) is 4. The summed E-state index contributed by atoms with van der Waals surface area (Å²) in [4.78, 5) is 9.25. The third kappa shape index (κ3) is 3.99. The molecular weight excluding hydrogens is 314 g/mol. The average Bonchev–Trinajstić information content (AvgIpc) is 2.98. The Labute approximate surface area is 148 Å². The summed E-state index contributed by atoms with van der Waals surface area (Å²) >= 11 is 0. The van der Waals surface area contributed by atoms with E-state index in [1.807, 2.05) is 24.5 Å². The minimum Gasteiger partial charge on any atom is -0.468 e. The van der Waals surface area contributed by atoms with Crippen LogP contribution in [0.5, 0.6) is 5.75 Å². The Bertz CT molecular complexity index is 825. The molecule has 0 unspecified atom stereocenters. The number of imidazole rings is 1. The summed E-state index contributed by atoms with van der Waals surface area (Å²) in [5, 5.41) is 0. The zero-order valence-corrected chi connectivity index (χ0v) is 15.2. The molecule has 0 aliphatic rings. The van der Waals surface area contributed by atoms with Crippen LogP contribution in [0.2, 0.25) is 0 Å². The van der Waals surface area contributed by atoms with Crippen molar-refractivity contribution in [2.45, 2.75) is 39.7 Å². The fourth-order valence-corrected chi connectivity index (χ4v) is 2.92. The molecule has 0 saturated heterocycles. The number of nitrogens with zero attached hydrogens (tertiary/aromatic N) is 3. The quantitative estimate of drug-likeness (QED) is 0.579. The van der Waals surface area contributed by atoms with Crippen molar-refractivity contribution in [3.05, 3.63) is 53.6 Å². The Kier molecular flexibility index (Phi) is 5.66. The van der Waals surface area contributed by atoms with E-state index in [-0.39, 0.29) is 6.79 Å². The maximum Gasteiger partial charge on any atom is 0.188 e. The van der Waals surface area contributed by atoms with E-state index in [0.717, 1.165) is 54.0 Å². The van der Waals surface area contributed by atoms with Crippen LogP contribution in [-0.2, 0) is 17.7 Å². The van der Waals surface area contributed by atoms with Crippen LogP contribution < -0.4 is 4.74 Å². The van der Waals surface area contributed by atoms with Crippen molar-refractivity contribution in [3.8, 4) is 5.75 Å². The van der Waals surface area contributed by atoms with Gasteiger partial charge in [0.25, 0.3) is 0 Å². The number of methoxy groups -OCH3 is 1. The largest absolute Gasteiger partial charge is 0.468 e. The topological polar surface area (TPSA) is 49.2 Å². The number of ether oxygens (including phenoxy) is 2. The molecule has 5 heteroatoms. The molecule has 5 nitrogen and oxygen atoms in total. The van der Waals surface area contributed by atoms with Crippen molar-refractivity contribution in [2.75, 3.05) is 13.9 Å². The molecular formula is C20H25N3O2. The smallest absolute Gasteiger partial charge is 0.188 e. The number of rotatable bonds is 8. The lowest BCUT2D eigenvalue weighted by molar-refractivity contribution is 0.0511. The fourth-order valence-electron chi connectivity index (χ4n) is 2.92. The van der Waals surface area contributed by atoms with Crippen LogP contribution in [0.1, 0.15) is 36.7 Å². The van der Waals surface area contributed by atoms with Crippen molar-refractivity contribution in [1.29, 1.82) is 0 Å². The highest BCUT2D eigenvalue weighted by Gasteiger charge is 2.13. The zero-order chi connectivity index (χ0) is 17.6. The summed E-state index contributed by atoms with van der Waals surface area (Å²) in [5.74, 6) is 1.94. The van der Waals surface area contributed by atoms with Crippen molar-refractivity contribution >= 4 is 11.0 Å². The van der Waals surface area contributed by atoms with Crippen LogP contribution in [-0.4, -0.2) is 28.4 Å². The van der Waals surface area contributed by atoms with Crippen molar-refractivity contribution in [2.24, 2.45) is 0 Å². The number of hydrogen-bond donors (Lipinski definition) is 0. The maximum atomic E-state index is 5.46. The van der Waals surface area contributed by atoms with Crippen LogP contribution in [0.15, 0.2) is 36.7 Å². The normalized spacial score (nSPS) is 11.2. The van der Waals surface area contributed by atoms with Gasteiger partial charge in [-0.05, 0) is 36.6 Å². The Morgan fingerprint density at radius 1 is 1.12 bits per heavy atom. The molecule has 0 amide bonds.